The van der Waals surface area contributed by atoms with Crippen LogP contribution in [0.1, 0.15) is 23.1 Å². The standard InChI is InChI=1S/C14H18O2/c1-10-5-6-11(2)12(8-10)9-13(15)14-4-3-7-16-14/h4-6,8,13,15H,3,7,9H2,1-2H3. The summed E-state index contributed by atoms with van der Waals surface area (Å²) in [6.07, 6.45) is 3.04. The molecule has 1 N–H and O–H groups in total. The quantitative estimate of drug-likeness (QED) is 0.844. The zero-order chi connectivity index (χ0) is 11.5. The highest BCUT2D eigenvalue weighted by atomic mass is 16.5. The van der Waals surface area contributed by atoms with Crippen LogP contribution in [-0.2, 0) is 11.2 Å². The molecule has 0 amide bonds. The van der Waals surface area contributed by atoms with Gasteiger partial charge >= 0.3 is 0 Å². The van der Waals surface area contributed by atoms with Crippen molar-refractivity contribution in [3.05, 3.63) is 46.7 Å². The third-order valence-electron chi connectivity index (χ3n) is 2.98. The van der Waals surface area contributed by atoms with Crippen molar-refractivity contribution in [1.82, 2.24) is 0 Å². The van der Waals surface area contributed by atoms with Crippen molar-refractivity contribution in [3.63, 3.8) is 0 Å². The Morgan fingerprint density at radius 1 is 1.38 bits per heavy atom. The number of hydrogen-bond donors (Lipinski definition) is 1. The molecule has 0 spiro atoms. The first kappa shape index (κ1) is 11.2. The van der Waals surface area contributed by atoms with Gasteiger partial charge in [-0.1, -0.05) is 23.8 Å². The summed E-state index contributed by atoms with van der Waals surface area (Å²) in [6, 6.07) is 6.33. The van der Waals surface area contributed by atoms with Gasteiger partial charge in [0.2, 0.25) is 0 Å². The third-order valence-corrected chi connectivity index (χ3v) is 2.98. The first-order valence-electron chi connectivity index (χ1n) is 5.74. The molecule has 0 saturated heterocycles. The van der Waals surface area contributed by atoms with Crippen LogP contribution in [0, 0.1) is 13.8 Å². The smallest absolute Gasteiger partial charge is 0.121 e. The monoisotopic (exact) mass is 218 g/mol. The fourth-order valence-electron chi connectivity index (χ4n) is 2.00. The van der Waals surface area contributed by atoms with Crippen LogP contribution >= 0.6 is 0 Å². The van der Waals surface area contributed by atoms with Gasteiger partial charge in [0.05, 0.1) is 6.61 Å². The van der Waals surface area contributed by atoms with E-state index in [9.17, 15) is 5.11 Å². The molecule has 0 aromatic heterocycles. The van der Waals surface area contributed by atoms with Gasteiger partial charge < -0.3 is 9.84 Å². The van der Waals surface area contributed by atoms with E-state index in [2.05, 4.69) is 32.0 Å². The zero-order valence-electron chi connectivity index (χ0n) is 9.86. The molecule has 1 atom stereocenters. The van der Waals surface area contributed by atoms with Gasteiger partial charge in [-0.2, -0.15) is 0 Å². The lowest BCUT2D eigenvalue weighted by Gasteiger charge is -2.14. The van der Waals surface area contributed by atoms with Crippen LogP contribution in [-0.4, -0.2) is 17.8 Å². The minimum absolute atomic E-state index is 0.497. The van der Waals surface area contributed by atoms with Crippen LogP contribution in [0.25, 0.3) is 0 Å². The zero-order valence-corrected chi connectivity index (χ0v) is 9.86. The predicted molar refractivity (Wildman–Crippen MR) is 64.3 cm³/mol. The Hall–Kier alpha value is -1.28. The molecule has 1 unspecified atom stereocenters. The SMILES string of the molecule is Cc1ccc(C)c(CC(O)C2=CCCO2)c1. The van der Waals surface area contributed by atoms with Crippen LogP contribution in [0.4, 0.5) is 0 Å². The van der Waals surface area contributed by atoms with E-state index in [1.54, 1.807) is 0 Å². The maximum absolute atomic E-state index is 10.0. The molecule has 0 saturated carbocycles. The summed E-state index contributed by atoms with van der Waals surface area (Å²) < 4.78 is 5.37. The number of hydrogen-bond acceptors (Lipinski definition) is 2. The Kier molecular flexibility index (Phi) is 3.30. The van der Waals surface area contributed by atoms with Crippen LogP contribution in [0.3, 0.4) is 0 Å². The molecule has 2 nitrogen and oxygen atoms in total. The lowest BCUT2D eigenvalue weighted by atomic mass is 9.99. The molecule has 0 aliphatic carbocycles. The molecule has 0 radical (unpaired) electrons. The van der Waals surface area contributed by atoms with Crippen molar-refractivity contribution in [2.24, 2.45) is 0 Å². The first-order valence-corrected chi connectivity index (χ1v) is 5.74. The molecule has 1 heterocycles. The lowest BCUT2D eigenvalue weighted by molar-refractivity contribution is 0.118. The summed E-state index contributed by atoms with van der Waals surface area (Å²) in [5, 5.41) is 10.0. The number of benzene rings is 1. The summed E-state index contributed by atoms with van der Waals surface area (Å²) in [4.78, 5) is 0. The van der Waals surface area contributed by atoms with E-state index in [-0.39, 0.29) is 0 Å². The summed E-state index contributed by atoms with van der Waals surface area (Å²) in [6.45, 7) is 4.85. The third kappa shape index (κ3) is 2.45. The highest BCUT2D eigenvalue weighted by Gasteiger charge is 2.17. The topological polar surface area (TPSA) is 29.5 Å². The molecule has 0 fully saturated rings. The first-order chi connectivity index (χ1) is 7.66. The van der Waals surface area contributed by atoms with Gasteiger partial charge in [0.25, 0.3) is 0 Å². The second-order valence-electron chi connectivity index (χ2n) is 4.39. The number of aliphatic hydroxyl groups excluding tert-OH is 1. The number of rotatable bonds is 3. The van der Waals surface area contributed by atoms with Crippen LogP contribution < -0.4 is 0 Å². The van der Waals surface area contributed by atoms with Crippen LogP contribution in [0.15, 0.2) is 30.0 Å². The lowest BCUT2D eigenvalue weighted by Crippen LogP contribution is -2.15. The highest BCUT2D eigenvalue weighted by Crippen LogP contribution is 2.19. The van der Waals surface area contributed by atoms with Crippen molar-refractivity contribution in [3.8, 4) is 0 Å². The van der Waals surface area contributed by atoms with Crippen molar-refractivity contribution in [1.29, 1.82) is 0 Å². The highest BCUT2D eigenvalue weighted by molar-refractivity contribution is 5.31. The molecular formula is C14H18O2. The van der Waals surface area contributed by atoms with E-state index in [1.807, 2.05) is 6.08 Å². The molecule has 86 valence electrons. The molecule has 0 bridgehead atoms. The van der Waals surface area contributed by atoms with E-state index in [1.165, 1.54) is 16.7 Å². The molecule has 1 aliphatic heterocycles. The van der Waals surface area contributed by atoms with Gasteiger partial charge in [0.15, 0.2) is 0 Å². The number of aryl methyl sites for hydroxylation is 2. The average molecular weight is 218 g/mol. The average Bonchev–Trinajstić information content (AvgIpc) is 2.76. The van der Waals surface area contributed by atoms with Gasteiger partial charge in [-0.15, -0.1) is 0 Å². The predicted octanol–water partition coefficient (Wildman–Crippen LogP) is 2.51. The Bertz CT molecular complexity index is 407. The molecule has 1 aromatic carbocycles. The van der Waals surface area contributed by atoms with Crippen molar-refractivity contribution in [2.75, 3.05) is 6.61 Å². The molecule has 16 heavy (non-hydrogen) atoms. The molecule has 2 rings (SSSR count). The van der Waals surface area contributed by atoms with Gasteiger partial charge in [-0.3, -0.25) is 0 Å². The van der Waals surface area contributed by atoms with Gasteiger partial charge in [-0.05, 0) is 31.1 Å². The normalized spacial score (nSPS) is 16.8. The van der Waals surface area contributed by atoms with Crippen LogP contribution in [0.2, 0.25) is 0 Å². The van der Waals surface area contributed by atoms with Crippen molar-refractivity contribution < 1.29 is 9.84 Å². The summed E-state index contributed by atoms with van der Waals surface area (Å²) >= 11 is 0. The summed E-state index contributed by atoms with van der Waals surface area (Å²) in [5.74, 6) is 0.737. The van der Waals surface area contributed by atoms with Crippen LogP contribution in [0.5, 0.6) is 0 Å². The second-order valence-corrected chi connectivity index (χ2v) is 4.39. The fourth-order valence-corrected chi connectivity index (χ4v) is 2.00. The summed E-state index contributed by atoms with van der Waals surface area (Å²) in [7, 11) is 0. The maximum Gasteiger partial charge on any atom is 0.121 e. The summed E-state index contributed by atoms with van der Waals surface area (Å²) in [5.41, 5.74) is 3.65. The van der Waals surface area contributed by atoms with E-state index in [0.717, 1.165) is 12.2 Å². The van der Waals surface area contributed by atoms with E-state index >= 15 is 0 Å². The molecule has 1 aromatic rings. The van der Waals surface area contributed by atoms with Crippen molar-refractivity contribution >= 4 is 0 Å². The fraction of sp³-hybridized carbons (Fsp3) is 0.429. The van der Waals surface area contributed by atoms with E-state index in [4.69, 9.17) is 4.74 Å². The Morgan fingerprint density at radius 2 is 2.19 bits per heavy atom. The van der Waals surface area contributed by atoms with Gasteiger partial charge in [0, 0.05) is 12.8 Å². The molecule has 2 heteroatoms. The largest absolute Gasteiger partial charge is 0.495 e. The minimum Gasteiger partial charge on any atom is -0.495 e. The van der Waals surface area contributed by atoms with Gasteiger partial charge in [0.1, 0.15) is 11.9 Å². The minimum atomic E-state index is -0.497. The number of ether oxygens (including phenoxy) is 1. The Labute approximate surface area is 96.6 Å². The Morgan fingerprint density at radius 3 is 2.88 bits per heavy atom. The second kappa shape index (κ2) is 4.71. The van der Waals surface area contributed by atoms with E-state index < -0.39 is 6.10 Å². The van der Waals surface area contributed by atoms with E-state index in [0.29, 0.717) is 13.0 Å². The number of aliphatic hydroxyl groups is 1. The molecule has 1 aliphatic rings. The van der Waals surface area contributed by atoms with Crippen molar-refractivity contribution in [2.45, 2.75) is 32.8 Å². The Balaban J connectivity index is 2.10. The maximum atomic E-state index is 10.0. The molecular weight excluding hydrogens is 200 g/mol. The van der Waals surface area contributed by atoms with Gasteiger partial charge in [-0.25, -0.2) is 0 Å².